The van der Waals surface area contributed by atoms with E-state index in [9.17, 15) is 4.79 Å². The molecule has 0 spiro atoms. The van der Waals surface area contributed by atoms with E-state index in [4.69, 9.17) is 9.47 Å². The van der Waals surface area contributed by atoms with Gasteiger partial charge >= 0.3 is 5.97 Å². The molecule has 1 unspecified atom stereocenters. The summed E-state index contributed by atoms with van der Waals surface area (Å²) in [6.07, 6.45) is 17.4. The van der Waals surface area contributed by atoms with Crippen LogP contribution in [0.15, 0.2) is 30.3 Å². The second-order valence-electron chi connectivity index (χ2n) is 8.64. The Morgan fingerprint density at radius 3 is 1.77 bits per heavy atom. The van der Waals surface area contributed by atoms with Gasteiger partial charge in [0.25, 0.3) is 0 Å². The lowest BCUT2D eigenvalue weighted by molar-refractivity contribution is -0.157. The number of methoxy groups -OCH3 is 1. The van der Waals surface area contributed by atoms with Gasteiger partial charge in [-0.3, -0.25) is 0 Å². The van der Waals surface area contributed by atoms with Crippen LogP contribution in [0.25, 0.3) is 0 Å². The quantitative estimate of drug-likeness (QED) is 0.168. The van der Waals surface area contributed by atoms with Crippen molar-refractivity contribution in [2.45, 2.75) is 110 Å². The van der Waals surface area contributed by atoms with E-state index in [1.165, 1.54) is 77.0 Å². The average molecular weight is 419 g/mol. The van der Waals surface area contributed by atoms with Crippen molar-refractivity contribution in [1.82, 2.24) is 0 Å². The minimum Gasteiger partial charge on any atom is -0.463 e. The third-order valence-corrected chi connectivity index (χ3v) is 5.95. The molecule has 0 saturated heterocycles. The summed E-state index contributed by atoms with van der Waals surface area (Å²) < 4.78 is 11.2. The number of hydrogen-bond donors (Lipinski definition) is 0. The molecule has 1 aromatic carbocycles. The Balaban J connectivity index is 2.44. The second kappa shape index (κ2) is 18.4. The Morgan fingerprint density at radius 1 is 0.767 bits per heavy atom. The van der Waals surface area contributed by atoms with Gasteiger partial charge in [-0.15, -0.1) is 0 Å². The molecule has 1 aromatic rings. The fourth-order valence-electron chi connectivity index (χ4n) is 4.01. The number of hydrogen-bond acceptors (Lipinski definition) is 3. The van der Waals surface area contributed by atoms with Crippen molar-refractivity contribution in [3.63, 3.8) is 0 Å². The smallest absolute Gasteiger partial charge is 0.339 e. The van der Waals surface area contributed by atoms with E-state index in [1.807, 2.05) is 30.3 Å². The summed E-state index contributed by atoms with van der Waals surface area (Å²) >= 11 is 0. The van der Waals surface area contributed by atoms with Gasteiger partial charge in [-0.25, -0.2) is 4.79 Å². The van der Waals surface area contributed by atoms with Crippen LogP contribution in [0.3, 0.4) is 0 Å². The third-order valence-electron chi connectivity index (χ3n) is 5.95. The topological polar surface area (TPSA) is 35.5 Å². The van der Waals surface area contributed by atoms with Crippen LogP contribution in [0, 0.1) is 5.92 Å². The van der Waals surface area contributed by atoms with E-state index < -0.39 is 6.10 Å². The van der Waals surface area contributed by atoms with Gasteiger partial charge in [0.1, 0.15) is 0 Å². The minimum absolute atomic E-state index is 0.264. The number of unbranched alkanes of at least 4 members (excludes halogenated alkanes) is 10. The first-order valence-electron chi connectivity index (χ1n) is 12.5. The van der Waals surface area contributed by atoms with Gasteiger partial charge in [0, 0.05) is 7.11 Å². The van der Waals surface area contributed by atoms with Crippen molar-refractivity contribution in [2.75, 3.05) is 13.7 Å². The summed E-state index contributed by atoms with van der Waals surface area (Å²) in [4.78, 5) is 12.6. The summed E-state index contributed by atoms with van der Waals surface area (Å²) in [5, 5.41) is 0. The lowest BCUT2D eigenvalue weighted by Crippen LogP contribution is -2.21. The normalized spacial score (nSPS) is 12.3. The Labute approximate surface area is 185 Å². The molecular formula is C27H46O3. The summed E-state index contributed by atoms with van der Waals surface area (Å²) in [6, 6.07) is 9.63. The minimum atomic E-state index is -0.630. The van der Waals surface area contributed by atoms with Gasteiger partial charge in [0.05, 0.1) is 6.61 Å². The summed E-state index contributed by atoms with van der Waals surface area (Å²) in [5.41, 5.74) is 0.855. The van der Waals surface area contributed by atoms with Crippen molar-refractivity contribution in [1.29, 1.82) is 0 Å². The number of esters is 1. The zero-order valence-corrected chi connectivity index (χ0v) is 19.9. The van der Waals surface area contributed by atoms with Crippen molar-refractivity contribution in [2.24, 2.45) is 5.92 Å². The summed E-state index contributed by atoms with van der Waals surface area (Å²) in [5.74, 6) is 0.208. The zero-order chi connectivity index (χ0) is 21.9. The number of rotatable bonds is 19. The lowest BCUT2D eigenvalue weighted by atomic mass is 9.94. The van der Waals surface area contributed by atoms with Crippen molar-refractivity contribution < 1.29 is 14.3 Å². The van der Waals surface area contributed by atoms with Crippen LogP contribution in [0.1, 0.15) is 115 Å². The van der Waals surface area contributed by atoms with E-state index in [2.05, 4.69) is 13.8 Å². The first kappa shape index (κ1) is 26.7. The number of carbonyl (C=O) groups is 1. The van der Waals surface area contributed by atoms with Gasteiger partial charge in [0.15, 0.2) is 6.10 Å². The molecule has 30 heavy (non-hydrogen) atoms. The Hall–Kier alpha value is -1.35. The standard InChI is InChI=1S/C27H46O3/c1-4-6-8-10-12-15-19-24(20-16-13-11-9-7-5-2)23-30-27(28)26(29-3)25-21-17-14-18-22-25/h14,17-18,21-22,24,26H,4-13,15-16,19-20,23H2,1-3H3. The highest BCUT2D eigenvalue weighted by Crippen LogP contribution is 2.22. The van der Waals surface area contributed by atoms with Gasteiger partial charge in [-0.2, -0.15) is 0 Å². The van der Waals surface area contributed by atoms with E-state index in [0.717, 1.165) is 18.4 Å². The van der Waals surface area contributed by atoms with E-state index in [1.54, 1.807) is 7.11 Å². The fourth-order valence-corrected chi connectivity index (χ4v) is 4.01. The molecule has 0 fully saturated rings. The molecule has 1 atom stereocenters. The molecule has 0 N–H and O–H groups in total. The maximum absolute atomic E-state index is 12.6. The lowest BCUT2D eigenvalue weighted by Gasteiger charge is -2.20. The van der Waals surface area contributed by atoms with Gasteiger partial charge in [0.2, 0.25) is 0 Å². The molecule has 172 valence electrons. The van der Waals surface area contributed by atoms with Crippen LogP contribution in [0.5, 0.6) is 0 Å². The highest BCUT2D eigenvalue weighted by molar-refractivity contribution is 5.76. The van der Waals surface area contributed by atoms with E-state index >= 15 is 0 Å². The number of benzene rings is 1. The predicted molar refractivity (Wildman–Crippen MR) is 127 cm³/mol. The Morgan fingerprint density at radius 2 is 1.27 bits per heavy atom. The molecular weight excluding hydrogens is 372 g/mol. The van der Waals surface area contributed by atoms with Crippen LogP contribution in [0.4, 0.5) is 0 Å². The predicted octanol–water partition coefficient (Wildman–Crippen LogP) is 8.03. The second-order valence-corrected chi connectivity index (χ2v) is 8.64. The molecule has 0 aliphatic carbocycles. The molecule has 0 amide bonds. The summed E-state index contributed by atoms with van der Waals surface area (Å²) in [6.45, 7) is 5.04. The van der Waals surface area contributed by atoms with Crippen molar-refractivity contribution >= 4 is 5.97 Å². The molecule has 1 rings (SSSR count). The molecule has 0 aliphatic heterocycles. The highest BCUT2D eigenvalue weighted by Gasteiger charge is 2.22. The van der Waals surface area contributed by atoms with Crippen LogP contribution in [0.2, 0.25) is 0 Å². The number of ether oxygens (including phenoxy) is 2. The van der Waals surface area contributed by atoms with E-state index in [-0.39, 0.29) is 5.97 Å². The zero-order valence-electron chi connectivity index (χ0n) is 19.9. The molecule has 0 radical (unpaired) electrons. The monoisotopic (exact) mass is 418 g/mol. The molecule has 0 aromatic heterocycles. The van der Waals surface area contributed by atoms with Crippen LogP contribution in [-0.2, 0) is 14.3 Å². The van der Waals surface area contributed by atoms with Crippen LogP contribution in [-0.4, -0.2) is 19.7 Å². The summed E-state index contributed by atoms with van der Waals surface area (Å²) in [7, 11) is 1.57. The largest absolute Gasteiger partial charge is 0.463 e. The van der Waals surface area contributed by atoms with Crippen molar-refractivity contribution in [3.05, 3.63) is 35.9 Å². The van der Waals surface area contributed by atoms with Gasteiger partial charge in [-0.05, 0) is 24.3 Å². The molecule has 0 saturated carbocycles. The molecule has 3 heteroatoms. The average Bonchev–Trinajstić information content (AvgIpc) is 2.77. The van der Waals surface area contributed by atoms with E-state index in [0.29, 0.717) is 12.5 Å². The number of carbonyl (C=O) groups excluding carboxylic acids is 1. The Kier molecular flexibility index (Phi) is 16.4. The van der Waals surface area contributed by atoms with Gasteiger partial charge < -0.3 is 9.47 Å². The third kappa shape index (κ3) is 12.4. The maximum Gasteiger partial charge on any atom is 0.339 e. The highest BCUT2D eigenvalue weighted by atomic mass is 16.6. The maximum atomic E-state index is 12.6. The van der Waals surface area contributed by atoms with Gasteiger partial charge in [-0.1, -0.05) is 121 Å². The van der Waals surface area contributed by atoms with Crippen LogP contribution >= 0.6 is 0 Å². The molecule has 0 heterocycles. The molecule has 0 aliphatic rings. The first-order valence-corrected chi connectivity index (χ1v) is 12.5. The molecule has 3 nitrogen and oxygen atoms in total. The van der Waals surface area contributed by atoms with Crippen LogP contribution < -0.4 is 0 Å². The Bertz CT molecular complexity index is 498. The van der Waals surface area contributed by atoms with Crippen molar-refractivity contribution in [3.8, 4) is 0 Å². The fraction of sp³-hybridized carbons (Fsp3) is 0.741. The SMILES string of the molecule is CCCCCCCCC(CCCCCCCC)COC(=O)C(OC)c1ccccc1. The first-order chi connectivity index (χ1) is 14.7. The molecule has 0 bridgehead atoms.